The first-order valence-corrected chi connectivity index (χ1v) is 8.07. The van der Waals surface area contributed by atoms with Gasteiger partial charge in [0, 0.05) is 22.9 Å². The van der Waals surface area contributed by atoms with Gasteiger partial charge in [0.1, 0.15) is 0 Å². The number of alkyl halides is 3. The van der Waals surface area contributed by atoms with Crippen molar-refractivity contribution in [2.24, 2.45) is 0 Å². The van der Waals surface area contributed by atoms with Crippen molar-refractivity contribution in [3.05, 3.63) is 29.3 Å². The van der Waals surface area contributed by atoms with Crippen LogP contribution in [0.25, 0.3) is 5.70 Å². The smallest absolute Gasteiger partial charge is 0.252 e. The van der Waals surface area contributed by atoms with Gasteiger partial charge in [-0.05, 0) is 38.0 Å². The van der Waals surface area contributed by atoms with E-state index >= 15 is 0 Å². The molecule has 0 fully saturated rings. The topological polar surface area (TPSA) is 47.6 Å². The average molecular weight is 379 g/mol. The minimum absolute atomic E-state index is 0.258. The molecule has 0 atom stereocenters. The lowest BCUT2D eigenvalue weighted by Crippen LogP contribution is -2.44. The molecule has 1 aromatic carbocycles. The van der Waals surface area contributed by atoms with Gasteiger partial charge in [0.25, 0.3) is 3.79 Å². The van der Waals surface area contributed by atoms with Crippen molar-refractivity contribution in [1.29, 1.82) is 0 Å². The largest absolute Gasteiger partial charge is 0.493 e. The molecule has 0 unspecified atom stereocenters. The van der Waals surface area contributed by atoms with E-state index in [4.69, 9.17) is 44.3 Å². The number of methoxy groups -OCH3 is 2. The summed E-state index contributed by atoms with van der Waals surface area (Å²) in [6.07, 6.45) is 2.07. The lowest BCUT2D eigenvalue weighted by atomic mass is 9.85. The van der Waals surface area contributed by atoms with Crippen molar-refractivity contribution < 1.29 is 14.3 Å². The van der Waals surface area contributed by atoms with Gasteiger partial charge in [0.05, 0.1) is 14.2 Å². The number of ketones is 1. The first kappa shape index (κ1) is 18.2. The zero-order valence-electron chi connectivity index (χ0n) is 13.3. The Morgan fingerprint density at radius 1 is 1.22 bits per heavy atom. The number of rotatable bonds is 3. The van der Waals surface area contributed by atoms with E-state index in [2.05, 4.69) is 5.32 Å². The van der Waals surface area contributed by atoms with Crippen molar-refractivity contribution >= 4 is 46.3 Å². The molecule has 1 N–H and O–H groups in total. The van der Waals surface area contributed by atoms with E-state index in [0.717, 1.165) is 17.5 Å². The van der Waals surface area contributed by atoms with Crippen molar-refractivity contribution in [1.82, 2.24) is 5.32 Å². The van der Waals surface area contributed by atoms with Gasteiger partial charge < -0.3 is 14.8 Å². The lowest BCUT2D eigenvalue weighted by Gasteiger charge is -2.36. The normalized spacial score (nSPS) is 18.1. The average Bonchev–Trinajstić information content (AvgIpc) is 2.43. The van der Waals surface area contributed by atoms with Crippen LogP contribution < -0.4 is 14.8 Å². The predicted octanol–water partition coefficient (Wildman–Crippen LogP) is 3.91. The van der Waals surface area contributed by atoms with Crippen LogP contribution in [-0.2, 0) is 11.2 Å². The number of carbonyl (C=O) groups excluding carboxylic acids is 1. The van der Waals surface area contributed by atoms with Crippen LogP contribution in [-0.4, -0.2) is 29.3 Å². The molecule has 0 aromatic heterocycles. The van der Waals surface area contributed by atoms with E-state index in [-0.39, 0.29) is 5.54 Å². The first-order valence-electron chi connectivity index (χ1n) is 6.93. The minimum Gasteiger partial charge on any atom is -0.493 e. The van der Waals surface area contributed by atoms with E-state index < -0.39 is 9.58 Å². The Kier molecular flexibility index (Phi) is 5.09. The van der Waals surface area contributed by atoms with Crippen LogP contribution in [0.15, 0.2) is 18.2 Å². The fraction of sp³-hybridized carbons (Fsp3) is 0.438. The molecule has 1 aromatic rings. The molecule has 1 aliphatic rings. The molecular weight excluding hydrogens is 361 g/mol. The number of nitrogens with one attached hydrogen (secondary N) is 1. The third kappa shape index (κ3) is 4.06. The second kappa shape index (κ2) is 6.42. The van der Waals surface area contributed by atoms with Crippen LogP contribution >= 0.6 is 34.8 Å². The standard InChI is InChI=1S/C16H18Cl3NO3/c1-15(2)8-9-5-12(22-3)13(23-4)6-10(9)11(20-15)7-14(21)16(17,18)19/h5-7,20H,8H2,1-4H3. The second-order valence-electron chi connectivity index (χ2n) is 5.97. The quantitative estimate of drug-likeness (QED) is 0.640. The third-order valence-electron chi connectivity index (χ3n) is 3.56. The van der Waals surface area contributed by atoms with Crippen LogP contribution in [0, 0.1) is 0 Å². The summed E-state index contributed by atoms with van der Waals surface area (Å²) >= 11 is 17.0. The number of halogens is 3. The molecule has 23 heavy (non-hydrogen) atoms. The summed E-state index contributed by atoms with van der Waals surface area (Å²) in [5.74, 6) is 0.597. The van der Waals surface area contributed by atoms with E-state index in [1.165, 1.54) is 6.08 Å². The maximum Gasteiger partial charge on any atom is 0.252 e. The molecule has 0 saturated heterocycles. The fourth-order valence-corrected chi connectivity index (χ4v) is 2.76. The third-order valence-corrected chi connectivity index (χ3v) is 4.12. The van der Waals surface area contributed by atoms with Crippen LogP contribution in [0.4, 0.5) is 0 Å². The number of allylic oxidation sites excluding steroid dienone is 1. The number of fused-ring (bicyclic) bond motifs is 1. The Labute approximate surface area is 150 Å². The van der Waals surface area contributed by atoms with Gasteiger partial charge in [-0.25, -0.2) is 0 Å². The molecule has 126 valence electrons. The van der Waals surface area contributed by atoms with Gasteiger partial charge >= 0.3 is 0 Å². The van der Waals surface area contributed by atoms with Gasteiger partial charge in [0.15, 0.2) is 11.5 Å². The van der Waals surface area contributed by atoms with E-state index in [1.54, 1.807) is 14.2 Å². The molecule has 0 saturated carbocycles. The molecule has 4 nitrogen and oxygen atoms in total. The lowest BCUT2D eigenvalue weighted by molar-refractivity contribution is -0.113. The summed E-state index contributed by atoms with van der Waals surface area (Å²) in [5.41, 5.74) is 2.18. The van der Waals surface area contributed by atoms with Gasteiger partial charge in [-0.3, -0.25) is 4.79 Å². The molecule has 0 radical (unpaired) electrons. The van der Waals surface area contributed by atoms with Crippen molar-refractivity contribution in [2.75, 3.05) is 14.2 Å². The number of hydrogen-bond donors (Lipinski definition) is 1. The highest BCUT2D eigenvalue weighted by atomic mass is 35.6. The van der Waals surface area contributed by atoms with Crippen LogP contribution in [0.2, 0.25) is 0 Å². The molecule has 1 heterocycles. The fourth-order valence-electron chi connectivity index (χ4n) is 2.60. The molecule has 0 amide bonds. The van der Waals surface area contributed by atoms with Crippen molar-refractivity contribution in [3.63, 3.8) is 0 Å². The Balaban J connectivity index is 2.59. The highest BCUT2D eigenvalue weighted by Gasteiger charge is 2.33. The molecule has 2 rings (SSSR count). The first-order chi connectivity index (χ1) is 10.6. The highest BCUT2D eigenvalue weighted by molar-refractivity contribution is 6.77. The zero-order valence-corrected chi connectivity index (χ0v) is 15.6. The summed E-state index contributed by atoms with van der Waals surface area (Å²) in [7, 11) is 3.14. The molecule has 0 aliphatic carbocycles. The van der Waals surface area contributed by atoms with Gasteiger partial charge in [-0.2, -0.15) is 0 Å². The molecular formula is C16H18Cl3NO3. The van der Waals surface area contributed by atoms with E-state index in [9.17, 15) is 4.79 Å². The van der Waals surface area contributed by atoms with E-state index in [0.29, 0.717) is 17.2 Å². The summed E-state index contributed by atoms with van der Waals surface area (Å²) in [6, 6.07) is 3.72. The molecule has 1 aliphatic heterocycles. The summed E-state index contributed by atoms with van der Waals surface area (Å²) in [5, 5.41) is 3.31. The number of ether oxygens (including phenoxy) is 2. The summed E-state index contributed by atoms with van der Waals surface area (Å²) in [4.78, 5) is 12.1. The van der Waals surface area contributed by atoms with E-state index in [1.807, 2.05) is 26.0 Å². The number of carbonyl (C=O) groups is 1. The second-order valence-corrected chi connectivity index (χ2v) is 8.25. The minimum atomic E-state index is -1.99. The Morgan fingerprint density at radius 2 is 1.78 bits per heavy atom. The highest BCUT2D eigenvalue weighted by Crippen LogP contribution is 2.38. The zero-order chi connectivity index (χ0) is 17.4. The Bertz CT molecular complexity index is 663. The number of benzene rings is 1. The SMILES string of the molecule is COc1cc2c(cc1OC)C(=CC(=O)C(Cl)(Cl)Cl)NC(C)(C)C2. The van der Waals surface area contributed by atoms with Crippen molar-refractivity contribution in [2.45, 2.75) is 29.6 Å². The number of hydrogen-bond acceptors (Lipinski definition) is 4. The van der Waals surface area contributed by atoms with Crippen molar-refractivity contribution in [3.8, 4) is 11.5 Å². The van der Waals surface area contributed by atoms with Gasteiger partial charge in [-0.1, -0.05) is 34.8 Å². The molecule has 0 spiro atoms. The predicted molar refractivity (Wildman–Crippen MR) is 93.7 cm³/mol. The van der Waals surface area contributed by atoms with Gasteiger partial charge in [-0.15, -0.1) is 0 Å². The maximum atomic E-state index is 12.1. The molecule has 7 heteroatoms. The van der Waals surface area contributed by atoms with Crippen LogP contribution in [0.1, 0.15) is 25.0 Å². The summed E-state index contributed by atoms with van der Waals surface area (Å²) in [6.45, 7) is 4.06. The Morgan fingerprint density at radius 3 is 2.30 bits per heavy atom. The van der Waals surface area contributed by atoms with Crippen LogP contribution in [0.5, 0.6) is 11.5 Å². The maximum absolute atomic E-state index is 12.1. The van der Waals surface area contributed by atoms with Gasteiger partial charge in [0.2, 0.25) is 5.78 Å². The Hall–Kier alpha value is -1.10. The molecule has 0 bridgehead atoms. The van der Waals surface area contributed by atoms with Crippen LogP contribution in [0.3, 0.4) is 0 Å². The summed E-state index contributed by atoms with van der Waals surface area (Å²) < 4.78 is 8.68. The monoisotopic (exact) mass is 377 g/mol.